The van der Waals surface area contributed by atoms with Gasteiger partial charge in [0.2, 0.25) is 0 Å². The van der Waals surface area contributed by atoms with Gasteiger partial charge in [0.1, 0.15) is 5.76 Å². The zero-order valence-corrected chi connectivity index (χ0v) is 12.3. The number of aliphatic hydroxyl groups is 1. The lowest BCUT2D eigenvalue weighted by Gasteiger charge is -2.29. The van der Waals surface area contributed by atoms with Crippen molar-refractivity contribution in [2.24, 2.45) is 5.41 Å². The Balaban J connectivity index is 1.77. The SMILES string of the molecule is OCC1(CNC(c2ccccc2)c2ccco2)CCCC1. The van der Waals surface area contributed by atoms with Crippen LogP contribution in [0.3, 0.4) is 0 Å². The second-order valence-electron chi connectivity index (χ2n) is 6.11. The first-order chi connectivity index (χ1) is 10.3. The molecule has 1 fully saturated rings. The van der Waals surface area contributed by atoms with E-state index in [1.807, 2.05) is 30.3 Å². The van der Waals surface area contributed by atoms with Crippen LogP contribution >= 0.6 is 0 Å². The van der Waals surface area contributed by atoms with Crippen LogP contribution in [0.25, 0.3) is 0 Å². The first-order valence-electron chi connectivity index (χ1n) is 7.76. The van der Waals surface area contributed by atoms with Gasteiger partial charge in [0.25, 0.3) is 0 Å². The molecule has 2 aromatic rings. The van der Waals surface area contributed by atoms with Crippen LogP contribution in [0.2, 0.25) is 0 Å². The Labute approximate surface area is 126 Å². The zero-order chi connectivity index (χ0) is 14.5. The maximum Gasteiger partial charge on any atom is 0.125 e. The van der Waals surface area contributed by atoms with Crippen LogP contribution in [0, 0.1) is 5.41 Å². The summed E-state index contributed by atoms with van der Waals surface area (Å²) in [7, 11) is 0. The molecule has 1 unspecified atom stereocenters. The zero-order valence-electron chi connectivity index (χ0n) is 12.3. The van der Waals surface area contributed by atoms with Gasteiger partial charge in [-0.2, -0.15) is 0 Å². The smallest absolute Gasteiger partial charge is 0.125 e. The average Bonchev–Trinajstić information content (AvgIpc) is 3.21. The highest BCUT2D eigenvalue weighted by molar-refractivity contribution is 5.26. The molecule has 21 heavy (non-hydrogen) atoms. The standard InChI is InChI=1S/C18H23NO2/c20-14-18(10-4-5-11-18)13-19-17(16-9-6-12-21-16)15-7-2-1-3-8-15/h1-3,6-9,12,17,19-20H,4-5,10-11,13-14H2. The van der Waals surface area contributed by atoms with Gasteiger partial charge in [-0.15, -0.1) is 0 Å². The molecular formula is C18H23NO2. The molecule has 2 N–H and O–H groups in total. The molecule has 112 valence electrons. The summed E-state index contributed by atoms with van der Waals surface area (Å²) in [6.07, 6.45) is 6.37. The van der Waals surface area contributed by atoms with E-state index < -0.39 is 0 Å². The van der Waals surface area contributed by atoms with E-state index in [4.69, 9.17) is 4.42 Å². The van der Waals surface area contributed by atoms with Crippen LogP contribution < -0.4 is 5.32 Å². The Morgan fingerprint density at radius 3 is 2.48 bits per heavy atom. The van der Waals surface area contributed by atoms with Gasteiger partial charge in [-0.05, 0) is 30.5 Å². The van der Waals surface area contributed by atoms with Crippen molar-refractivity contribution in [1.82, 2.24) is 5.32 Å². The molecule has 1 atom stereocenters. The van der Waals surface area contributed by atoms with E-state index in [0.29, 0.717) is 0 Å². The third kappa shape index (κ3) is 3.20. The molecule has 1 aromatic heterocycles. The topological polar surface area (TPSA) is 45.4 Å². The number of benzene rings is 1. The fraction of sp³-hybridized carbons (Fsp3) is 0.444. The Morgan fingerprint density at radius 2 is 1.86 bits per heavy atom. The summed E-state index contributed by atoms with van der Waals surface area (Å²) in [6.45, 7) is 1.09. The summed E-state index contributed by atoms with van der Waals surface area (Å²) in [6, 6.07) is 14.3. The van der Waals surface area contributed by atoms with Gasteiger partial charge in [0.15, 0.2) is 0 Å². The Hall–Kier alpha value is -1.58. The molecule has 1 saturated carbocycles. The van der Waals surface area contributed by atoms with Crippen molar-refractivity contribution in [2.45, 2.75) is 31.7 Å². The lowest BCUT2D eigenvalue weighted by molar-refractivity contribution is 0.125. The van der Waals surface area contributed by atoms with E-state index >= 15 is 0 Å². The number of aliphatic hydroxyl groups excluding tert-OH is 1. The molecule has 3 rings (SSSR count). The molecule has 3 nitrogen and oxygen atoms in total. The maximum atomic E-state index is 9.77. The first-order valence-corrected chi connectivity index (χ1v) is 7.76. The Bertz CT molecular complexity index is 530. The highest BCUT2D eigenvalue weighted by Gasteiger charge is 2.34. The van der Waals surface area contributed by atoms with Gasteiger partial charge >= 0.3 is 0 Å². The minimum Gasteiger partial charge on any atom is -0.467 e. The molecule has 0 spiro atoms. The molecule has 0 aliphatic heterocycles. The molecule has 0 amide bonds. The largest absolute Gasteiger partial charge is 0.467 e. The van der Waals surface area contributed by atoms with Gasteiger partial charge in [-0.3, -0.25) is 0 Å². The Kier molecular flexibility index (Phi) is 4.42. The fourth-order valence-electron chi connectivity index (χ4n) is 3.32. The summed E-state index contributed by atoms with van der Waals surface area (Å²) in [5, 5.41) is 13.4. The highest BCUT2D eigenvalue weighted by atomic mass is 16.3. The fourth-order valence-corrected chi connectivity index (χ4v) is 3.32. The lowest BCUT2D eigenvalue weighted by Crippen LogP contribution is -2.37. The van der Waals surface area contributed by atoms with Crippen molar-refractivity contribution < 1.29 is 9.52 Å². The van der Waals surface area contributed by atoms with E-state index in [2.05, 4.69) is 17.4 Å². The van der Waals surface area contributed by atoms with E-state index in [1.54, 1.807) is 6.26 Å². The minimum atomic E-state index is 0.0413. The number of furan rings is 1. The summed E-state index contributed by atoms with van der Waals surface area (Å²) in [5.41, 5.74) is 1.23. The molecule has 1 aromatic carbocycles. The van der Waals surface area contributed by atoms with Crippen molar-refractivity contribution in [1.29, 1.82) is 0 Å². The predicted octanol–water partition coefficient (Wildman–Crippen LogP) is 3.51. The molecule has 3 heteroatoms. The van der Waals surface area contributed by atoms with E-state index in [0.717, 1.165) is 25.1 Å². The molecule has 0 bridgehead atoms. The summed E-state index contributed by atoms with van der Waals surface area (Å²) < 4.78 is 5.61. The summed E-state index contributed by atoms with van der Waals surface area (Å²) in [5.74, 6) is 0.923. The normalized spacial score (nSPS) is 18.7. The molecule has 0 saturated heterocycles. The van der Waals surface area contributed by atoms with Crippen LogP contribution in [-0.2, 0) is 0 Å². The third-order valence-corrected chi connectivity index (χ3v) is 4.64. The molecule has 1 aliphatic rings. The minimum absolute atomic E-state index is 0.0413. The van der Waals surface area contributed by atoms with E-state index in [1.165, 1.54) is 18.4 Å². The second-order valence-corrected chi connectivity index (χ2v) is 6.11. The molecule has 1 heterocycles. The van der Waals surface area contributed by atoms with E-state index in [-0.39, 0.29) is 18.1 Å². The molecule has 0 radical (unpaired) electrons. The van der Waals surface area contributed by atoms with Gasteiger partial charge in [-0.1, -0.05) is 43.2 Å². The number of nitrogens with one attached hydrogen (secondary N) is 1. The first kappa shape index (κ1) is 14.4. The molecule has 1 aliphatic carbocycles. The van der Waals surface area contributed by atoms with Crippen molar-refractivity contribution >= 4 is 0 Å². The number of hydrogen-bond acceptors (Lipinski definition) is 3. The Morgan fingerprint density at radius 1 is 1.10 bits per heavy atom. The van der Waals surface area contributed by atoms with Crippen molar-refractivity contribution in [3.05, 3.63) is 60.1 Å². The van der Waals surface area contributed by atoms with Crippen LogP contribution in [0.5, 0.6) is 0 Å². The van der Waals surface area contributed by atoms with Gasteiger partial charge in [0, 0.05) is 18.6 Å². The van der Waals surface area contributed by atoms with Gasteiger partial charge < -0.3 is 14.8 Å². The lowest BCUT2D eigenvalue weighted by atomic mass is 9.86. The number of hydrogen-bond donors (Lipinski definition) is 2. The van der Waals surface area contributed by atoms with Crippen molar-refractivity contribution in [2.75, 3.05) is 13.2 Å². The van der Waals surface area contributed by atoms with E-state index in [9.17, 15) is 5.11 Å². The molecular weight excluding hydrogens is 262 g/mol. The summed E-state index contributed by atoms with van der Waals surface area (Å²) >= 11 is 0. The second kappa shape index (κ2) is 6.46. The average molecular weight is 285 g/mol. The van der Waals surface area contributed by atoms with Gasteiger partial charge in [-0.25, -0.2) is 0 Å². The quantitative estimate of drug-likeness (QED) is 0.853. The van der Waals surface area contributed by atoms with Crippen LogP contribution in [0.1, 0.15) is 43.0 Å². The highest BCUT2D eigenvalue weighted by Crippen LogP contribution is 2.37. The maximum absolute atomic E-state index is 9.77. The van der Waals surface area contributed by atoms with Crippen molar-refractivity contribution in [3.8, 4) is 0 Å². The predicted molar refractivity (Wildman–Crippen MR) is 83.0 cm³/mol. The van der Waals surface area contributed by atoms with Crippen LogP contribution in [0.15, 0.2) is 53.1 Å². The monoisotopic (exact) mass is 285 g/mol. The van der Waals surface area contributed by atoms with Crippen LogP contribution in [-0.4, -0.2) is 18.3 Å². The van der Waals surface area contributed by atoms with Crippen molar-refractivity contribution in [3.63, 3.8) is 0 Å². The van der Waals surface area contributed by atoms with Gasteiger partial charge in [0.05, 0.1) is 12.3 Å². The third-order valence-electron chi connectivity index (χ3n) is 4.64. The van der Waals surface area contributed by atoms with Crippen LogP contribution in [0.4, 0.5) is 0 Å². The number of rotatable bonds is 6. The summed E-state index contributed by atoms with van der Waals surface area (Å²) in [4.78, 5) is 0.